The summed E-state index contributed by atoms with van der Waals surface area (Å²) in [6.07, 6.45) is 3.62. The maximum Gasteiger partial charge on any atom is 0.211 e. The standard InChI is InChI=1S/C28H30F4N4O3S/c1-40(38,39)36-9-8-34-15-23(36)6-7-24-19(14-35-16-25(24)32)12-26(37)28(33)27(17-2-4-20(29)5-3-17)18-10-21(30)13-22(31)11-18/h2-5,10-11,13-14,16,23,27-28,34H,6-9,12,15,33H2,1H3/t23-,27-,28+/m0/s1. The summed E-state index contributed by atoms with van der Waals surface area (Å²) in [6.45, 7) is 1.21. The van der Waals surface area contributed by atoms with E-state index in [0.29, 0.717) is 37.7 Å². The van der Waals surface area contributed by atoms with Crippen molar-refractivity contribution < 1.29 is 30.8 Å². The first-order valence-electron chi connectivity index (χ1n) is 12.7. The van der Waals surface area contributed by atoms with E-state index in [2.05, 4.69) is 10.3 Å². The van der Waals surface area contributed by atoms with Crippen LogP contribution in [0.4, 0.5) is 17.6 Å². The Balaban J connectivity index is 1.59. The van der Waals surface area contributed by atoms with Crippen LogP contribution < -0.4 is 11.1 Å². The van der Waals surface area contributed by atoms with Gasteiger partial charge in [0.1, 0.15) is 23.3 Å². The topological polar surface area (TPSA) is 105 Å². The molecule has 1 aliphatic heterocycles. The van der Waals surface area contributed by atoms with E-state index in [0.717, 1.165) is 36.7 Å². The largest absolute Gasteiger partial charge is 0.321 e. The van der Waals surface area contributed by atoms with Gasteiger partial charge in [0.2, 0.25) is 10.0 Å². The van der Waals surface area contributed by atoms with Crippen LogP contribution in [0.15, 0.2) is 54.9 Å². The second-order valence-corrected chi connectivity index (χ2v) is 11.9. The van der Waals surface area contributed by atoms with Gasteiger partial charge in [0.05, 0.1) is 18.5 Å². The summed E-state index contributed by atoms with van der Waals surface area (Å²) in [6, 6.07) is 6.19. The molecule has 1 aliphatic rings. The van der Waals surface area contributed by atoms with Crippen molar-refractivity contribution in [3.8, 4) is 0 Å². The Morgan fingerprint density at radius 1 is 1.05 bits per heavy atom. The van der Waals surface area contributed by atoms with Crippen LogP contribution in [0.3, 0.4) is 0 Å². The second-order valence-electron chi connectivity index (χ2n) is 9.93. The number of carbonyl (C=O) groups excluding carboxylic acids is 1. The average Bonchev–Trinajstić information content (AvgIpc) is 2.88. The van der Waals surface area contributed by atoms with Crippen LogP contribution in [0, 0.1) is 23.3 Å². The van der Waals surface area contributed by atoms with E-state index < -0.39 is 57.1 Å². The van der Waals surface area contributed by atoms with Crippen molar-refractivity contribution in [2.75, 3.05) is 25.9 Å². The summed E-state index contributed by atoms with van der Waals surface area (Å²) in [5, 5.41) is 3.14. The second kappa shape index (κ2) is 12.5. The maximum atomic E-state index is 14.9. The number of ketones is 1. The Morgan fingerprint density at radius 3 is 2.38 bits per heavy atom. The van der Waals surface area contributed by atoms with Gasteiger partial charge in [0, 0.05) is 50.3 Å². The molecule has 3 aromatic rings. The molecular formula is C28H30F4N4O3S. The highest BCUT2D eigenvalue weighted by molar-refractivity contribution is 7.88. The molecule has 0 unspecified atom stereocenters. The number of nitrogens with zero attached hydrogens (tertiary/aromatic N) is 2. The van der Waals surface area contributed by atoms with Crippen molar-refractivity contribution in [1.82, 2.24) is 14.6 Å². The van der Waals surface area contributed by atoms with Crippen molar-refractivity contribution in [3.63, 3.8) is 0 Å². The van der Waals surface area contributed by atoms with E-state index in [1.54, 1.807) is 0 Å². The summed E-state index contributed by atoms with van der Waals surface area (Å²) >= 11 is 0. The van der Waals surface area contributed by atoms with Crippen LogP contribution in [0.1, 0.15) is 34.6 Å². The number of aromatic nitrogens is 1. The van der Waals surface area contributed by atoms with Gasteiger partial charge in [-0.1, -0.05) is 12.1 Å². The Morgan fingerprint density at radius 2 is 1.73 bits per heavy atom. The van der Waals surface area contributed by atoms with Gasteiger partial charge in [-0.3, -0.25) is 9.78 Å². The van der Waals surface area contributed by atoms with Gasteiger partial charge in [-0.2, -0.15) is 4.31 Å². The zero-order chi connectivity index (χ0) is 29.0. The lowest BCUT2D eigenvalue weighted by Gasteiger charge is -2.34. The minimum Gasteiger partial charge on any atom is -0.321 e. The molecule has 4 rings (SSSR count). The molecule has 7 nitrogen and oxygen atoms in total. The lowest BCUT2D eigenvalue weighted by molar-refractivity contribution is -0.119. The lowest BCUT2D eigenvalue weighted by Crippen LogP contribution is -2.53. The van der Waals surface area contributed by atoms with Crippen molar-refractivity contribution >= 4 is 15.8 Å². The van der Waals surface area contributed by atoms with Crippen LogP contribution in [0.25, 0.3) is 0 Å². The SMILES string of the molecule is CS(=O)(=O)N1CCNC[C@@H]1CCc1c(F)cncc1CC(=O)[C@@H](N)[C@@H](c1ccc(F)cc1)c1cc(F)cc(F)c1. The zero-order valence-electron chi connectivity index (χ0n) is 21.8. The average molecular weight is 579 g/mol. The van der Waals surface area contributed by atoms with Gasteiger partial charge < -0.3 is 11.1 Å². The molecule has 0 spiro atoms. The van der Waals surface area contributed by atoms with Gasteiger partial charge in [-0.05, 0) is 59.4 Å². The summed E-state index contributed by atoms with van der Waals surface area (Å²) in [4.78, 5) is 17.3. The summed E-state index contributed by atoms with van der Waals surface area (Å²) in [5.41, 5.74) is 7.32. The maximum absolute atomic E-state index is 14.9. The molecule has 0 aliphatic carbocycles. The normalized spacial score (nSPS) is 17.9. The third kappa shape index (κ3) is 7.11. The molecule has 1 fully saturated rings. The third-order valence-corrected chi connectivity index (χ3v) is 8.45. The fourth-order valence-electron chi connectivity index (χ4n) is 5.19. The first kappa shape index (κ1) is 29.8. The molecule has 0 bridgehead atoms. The number of nitrogens with two attached hydrogens (primary N) is 1. The minimum absolute atomic E-state index is 0.0909. The predicted molar refractivity (Wildman–Crippen MR) is 142 cm³/mol. The number of halogens is 4. The third-order valence-electron chi connectivity index (χ3n) is 7.11. The van der Waals surface area contributed by atoms with Gasteiger partial charge in [-0.25, -0.2) is 26.0 Å². The van der Waals surface area contributed by atoms with Crippen LogP contribution in [-0.4, -0.2) is 61.5 Å². The molecule has 40 heavy (non-hydrogen) atoms. The van der Waals surface area contributed by atoms with E-state index in [1.807, 2.05) is 0 Å². The number of sulfonamides is 1. The molecule has 214 valence electrons. The molecule has 12 heteroatoms. The molecular weight excluding hydrogens is 548 g/mol. The van der Waals surface area contributed by atoms with Gasteiger partial charge in [-0.15, -0.1) is 0 Å². The van der Waals surface area contributed by atoms with Gasteiger partial charge >= 0.3 is 0 Å². The van der Waals surface area contributed by atoms with E-state index in [4.69, 9.17) is 5.73 Å². The quantitative estimate of drug-likeness (QED) is 0.359. The molecule has 2 aromatic carbocycles. The molecule has 2 heterocycles. The fourth-order valence-corrected chi connectivity index (χ4v) is 6.34. The highest BCUT2D eigenvalue weighted by atomic mass is 32.2. The molecule has 3 N–H and O–H groups in total. The molecule has 1 aromatic heterocycles. The zero-order valence-corrected chi connectivity index (χ0v) is 22.6. The highest BCUT2D eigenvalue weighted by Crippen LogP contribution is 2.30. The number of hydrogen-bond acceptors (Lipinski definition) is 6. The van der Waals surface area contributed by atoms with E-state index in [9.17, 15) is 30.8 Å². The Kier molecular flexibility index (Phi) is 9.34. The highest BCUT2D eigenvalue weighted by Gasteiger charge is 2.31. The van der Waals surface area contributed by atoms with E-state index in [-0.39, 0.29) is 29.5 Å². The van der Waals surface area contributed by atoms with Crippen LogP contribution in [-0.2, 0) is 27.7 Å². The monoisotopic (exact) mass is 578 g/mol. The fraction of sp³-hybridized carbons (Fsp3) is 0.357. The Bertz CT molecular complexity index is 1450. The smallest absolute Gasteiger partial charge is 0.211 e. The first-order valence-corrected chi connectivity index (χ1v) is 14.6. The van der Waals surface area contributed by atoms with Gasteiger partial charge in [0.15, 0.2) is 5.78 Å². The number of rotatable bonds is 10. The number of benzene rings is 2. The van der Waals surface area contributed by atoms with Gasteiger partial charge in [0.25, 0.3) is 0 Å². The lowest BCUT2D eigenvalue weighted by atomic mass is 9.82. The summed E-state index contributed by atoms with van der Waals surface area (Å²) in [7, 11) is -3.46. The number of nitrogens with one attached hydrogen (secondary N) is 1. The first-order chi connectivity index (χ1) is 18.9. The van der Waals surface area contributed by atoms with Crippen molar-refractivity contribution in [2.45, 2.75) is 37.3 Å². The molecule has 0 saturated carbocycles. The number of hydrogen-bond donors (Lipinski definition) is 2. The van der Waals surface area contributed by atoms with Crippen molar-refractivity contribution in [2.24, 2.45) is 5.73 Å². The van der Waals surface area contributed by atoms with Crippen molar-refractivity contribution in [3.05, 3.63) is 100 Å². The predicted octanol–water partition coefficient (Wildman–Crippen LogP) is 3.08. The van der Waals surface area contributed by atoms with Crippen molar-refractivity contribution in [1.29, 1.82) is 0 Å². The number of carbonyl (C=O) groups is 1. The summed E-state index contributed by atoms with van der Waals surface area (Å²) in [5.74, 6) is -4.47. The number of piperazine rings is 1. The molecule has 0 radical (unpaired) electrons. The molecule has 1 saturated heterocycles. The van der Waals surface area contributed by atoms with E-state index >= 15 is 0 Å². The minimum atomic E-state index is -3.46. The Labute approximate surface area is 230 Å². The molecule has 0 amide bonds. The summed E-state index contributed by atoms with van der Waals surface area (Å²) < 4.78 is 82.5. The molecule has 3 atom stereocenters. The van der Waals surface area contributed by atoms with Crippen LogP contribution in [0.5, 0.6) is 0 Å². The number of Topliss-reactive ketones (excluding diaryl/α,β-unsaturated/α-hetero) is 1. The number of pyridine rings is 1. The van der Waals surface area contributed by atoms with E-state index in [1.165, 1.54) is 22.6 Å². The van der Waals surface area contributed by atoms with Crippen LogP contribution in [0.2, 0.25) is 0 Å². The van der Waals surface area contributed by atoms with Crippen LogP contribution >= 0.6 is 0 Å². The Hall–Kier alpha value is -3.19.